The van der Waals surface area contributed by atoms with Crippen molar-refractivity contribution in [3.63, 3.8) is 0 Å². The Kier molecular flexibility index (Phi) is 11.7. The van der Waals surface area contributed by atoms with E-state index in [1.807, 2.05) is 59.6 Å². The van der Waals surface area contributed by atoms with Gasteiger partial charge in [0, 0.05) is 92.0 Å². The van der Waals surface area contributed by atoms with Crippen LogP contribution in [0.3, 0.4) is 0 Å². The Morgan fingerprint density at radius 1 is 0.617 bits per heavy atom. The molecule has 17 nitrogen and oxygen atoms in total. The summed E-state index contributed by atoms with van der Waals surface area (Å²) in [5.41, 5.74) is 7.91. The summed E-state index contributed by atoms with van der Waals surface area (Å²) in [6, 6.07) is 15.4. The second-order valence-electron chi connectivity index (χ2n) is 14.1. The van der Waals surface area contributed by atoms with Crippen molar-refractivity contribution in [1.82, 2.24) is 50.5 Å². The van der Waals surface area contributed by atoms with Crippen molar-refractivity contribution < 1.29 is 14.6 Å². The van der Waals surface area contributed by atoms with Crippen LogP contribution in [-0.4, -0.2) is 102 Å². The molecule has 8 aromatic heterocycles. The van der Waals surface area contributed by atoms with Crippen LogP contribution in [0.25, 0.3) is 44.3 Å². The molecule has 0 aliphatic carbocycles. The molecule has 2 aliphatic rings. The van der Waals surface area contributed by atoms with Gasteiger partial charge < -0.3 is 45.7 Å². The van der Waals surface area contributed by atoms with Gasteiger partial charge in [-0.1, -0.05) is 0 Å². The molecule has 60 heavy (non-hydrogen) atoms. The van der Waals surface area contributed by atoms with E-state index >= 15 is 0 Å². The topological polar surface area (TPSA) is 211 Å². The van der Waals surface area contributed by atoms with Crippen LogP contribution in [0.4, 0.5) is 34.9 Å². The van der Waals surface area contributed by atoms with E-state index < -0.39 is 0 Å². The molecule has 0 aromatic carbocycles. The van der Waals surface area contributed by atoms with Crippen molar-refractivity contribution in [3.8, 4) is 22.5 Å². The zero-order chi connectivity index (χ0) is 40.7. The number of aromatic nitrogens is 8. The molecule has 10 heterocycles. The molecule has 10 rings (SSSR count). The lowest BCUT2D eigenvalue weighted by Crippen LogP contribution is -2.43. The molecule has 18 heteroatoms. The fourth-order valence-corrected chi connectivity index (χ4v) is 7.68. The van der Waals surface area contributed by atoms with E-state index in [9.17, 15) is 10.2 Å². The summed E-state index contributed by atoms with van der Waals surface area (Å²) < 4.78 is 5.20. The SMILES string of the molecule is OCc1cc2cnc(Nc3ccc(N4CCNCC4)cn3)nc2c(-c2ccoc2)n1.OCc1cc2cnc(Nc3ccc(N4CCNCC4)cn3)nc2c(-c2ccsc2)n1. The number of pyridine rings is 4. The summed E-state index contributed by atoms with van der Waals surface area (Å²) in [7, 11) is 0. The van der Waals surface area contributed by atoms with E-state index in [0.29, 0.717) is 46.1 Å². The minimum atomic E-state index is -0.163. The lowest BCUT2D eigenvalue weighted by molar-refractivity contribution is 0.277. The molecule has 0 spiro atoms. The largest absolute Gasteiger partial charge is 0.472 e. The van der Waals surface area contributed by atoms with Crippen LogP contribution in [0.1, 0.15) is 11.4 Å². The average Bonchev–Trinajstić information content (AvgIpc) is 4.06. The Hall–Kier alpha value is -6.70. The fourth-order valence-electron chi connectivity index (χ4n) is 7.04. The van der Waals surface area contributed by atoms with Gasteiger partial charge >= 0.3 is 0 Å². The molecular formula is C42H42N14O3S. The molecule has 0 radical (unpaired) electrons. The van der Waals surface area contributed by atoms with E-state index in [1.54, 1.807) is 42.3 Å². The minimum Gasteiger partial charge on any atom is -0.472 e. The van der Waals surface area contributed by atoms with E-state index in [0.717, 1.165) is 96.8 Å². The van der Waals surface area contributed by atoms with Crippen molar-refractivity contribution in [2.45, 2.75) is 13.2 Å². The Balaban J connectivity index is 0.000000154. The lowest BCUT2D eigenvalue weighted by Gasteiger charge is -2.29. The average molecular weight is 823 g/mol. The third-order valence-electron chi connectivity index (χ3n) is 10.1. The van der Waals surface area contributed by atoms with E-state index in [4.69, 9.17) is 9.40 Å². The summed E-state index contributed by atoms with van der Waals surface area (Å²) in [4.78, 5) is 40.9. The van der Waals surface area contributed by atoms with Crippen molar-refractivity contribution in [2.75, 3.05) is 72.8 Å². The van der Waals surface area contributed by atoms with Gasteiger partial charge in [-0.25, -0.2) is 39.9 Å². The smallest absolute Gasteiger partial charge is 0.228 e. The molecule has 6 N–H and O–H groups in total. The van der Waals surface area contributed by atoms with Gasteiger partial charge in [-0.15, -0.1) is 0 Å². The maximum atomic E-state index is 9.56. The number of piperazine rings is 2. The molecule has 2 fully saturated rings. The Labute approximate surface area is 348 Å². The molecule has 8 aromatic rings. The monoisotopic (exact) mass is 822 g/mol. The molecule has 0 saturated carbocycles. The number of aliphatic hydroxyl groups is 2. The van der Waals surface area contributed by atoms with Crippen LogP contribution in [0, 0.1) is 0 Å². The van der Waals surface area contributed by atoms with Crippen LogP contribution in [0.5, 0.6) is 0 Å². The summed E-state index contributed by atoms with van der Waals surface area (Å²) >= 11 is 1.60. The van der Waals surface area contributed by atoms with Crippen LogP contribution in [0.15, 0.2) is 101 Å². The number of furan rings is 1. The molecule has 2 aliphatic heterocycles. The molecule has 0 amide bonds. The Morgan fingerprint density at radius 2 is 1.15 bits per heavy atom. The highest BCUT2D eigenvalue weighted by Gasteiger charge is 2.16. The quantitative estimate of drug-likeness (QED) is 0.106. The maximum Gasteiger partial charge on any atom is 0.228 e. The van der Waals surface area contributed by atoms with Crippen molar-refractivity contribution in [1.29, 1.82) is 0 Å². The van der Waals surface area contributed by atoms with Crippen LogP contribution in [-0.2, 0) is 13.2 Å². The number of thiophene rings is 1. The third kappa shape index (κ3) is 8.82. The summed E-state index contributed by atoms with van der Waals surface area (Å²) in [5.74, 6) is 2.23. The number of anilines is 6. The predicted octanol–water partition coefficient (Wildman–Crippen LogP) is 5.12. The zero-order valence-corrected chi connectivity index (χ0v) is 33.3. The van der Waals surface area contributed by atoms with Gasteiger partial charge in [0.1, 0.15) is 28.4 Å². The predicted molar refractivity (Wildman–Crippen MR) is 233 cm³/mol. The summed E-state index contributed by atoms with van der Waals surface area (Å²) in [6.07, 6.45) is 10.4. The highest BCUT2D eigenvalue weighted by atomic mass is 32.1. The lowest BCUT2D eigenvalue weighted by atomic mass is 10.1. The molecule has 0 atom stereocenters. The van der Waals surface area contributed by atoms with E-state index in [-0.39, 0.29) is 13.2 Å². The number of nitrogens with zero attached hydrogens (tertiary/aromatic N) is 10. The second kappa shape index (κ2) is 18.1. The number of hydrogen-bond donors (Lipinski definition) is 6. The molecule has 304 valence electrons. The standard InChI is InChI=1S/C21H21N7O2.C21H21N7OS/c2*29-12-16-9-15-10-24-21(27-20(15)19(25-16)14-3-8-30-13-14)26-18-2-1-17(11-23-18)28-6-4-22-5-7-28/h2*1-3,8-11,13,22,29H,4-7,12H2,(H,23,24,26,27). The van der Waals surface area contributed by atoms with Gasteiger partial charge in [0.25, 0.3) is 0 Å². The third-order valence-corrected chi connectivity index (χ3v) is 10.8. The first-order valence-electron chi connectivity index (χ1n) is 19.6. The number of hydrogen-bond acceptors (Lipinski definition) is 18. The maximum absolute atomic E-state index is 9.56. The van der Waals surface area contributed by atoms with Gasteiger partial charge in [-0.2, -0.15) is 11.3 Å². The second-order valence-corrected chi connectivity index (χ2v) is 14.8. The first-order valence-corrected chi connectivity index (χ1v) is 20.5. The van der Waals surface area contributed by atoms with E-state index in [1.165, 1.54) is 0 Å². The molecular weight excluding hydrogens is 781 g/mol. The first kappa shape index (κ1) is 38.8. The van der Waals surface area contributed by atoms with Crippen LogP contribution < -0.4 is 31.1 Å². The molecule has 0 bridgehead atoms. The van der Waals surface area contributed by atoms with Gasteiger partial charge in [0.2, 0.25) is 11.9 Å². The first-order chi connectivity index (χ1) is 29.6. The number of rotatable bonds is 10. The summed E-state index contributed by atoms with van der Waals surface area (Å²) in [6.45, 7) is 7.57. The van der Waals surface area contributed by atoms with Crippen molar-refractivity contribution in [3.05, 3.63) is 108 Å². The Bertz CT molecular complexity index is 2470. The summed E-state index contributed by atoms with van der Waals surface area (Å²) in [5, 5.41) is 37.8. The van der Waals surface area contributed by atoms with Crippen molar-refractivity contribution in [2.24, 2.45) is 0 Å². The number of nitrogens with one attached hydrogen (secondary N) is 4. The van der Waals surface area contributed by atoms with Gasteiger partial charge in [-0.05, 0) is 53.9 Å². The fraction of sp³-hybridized carbons (Fsp3) is 0.238. The highest BCUT2D eigenvalue weighted by Crippen LogP contribution is 2.30. The zero-order valence-electron chi connectivity index (χ0n) is 32.5. The highest BCUT2D eigenvalue weighted by molar-refractivity contribution is 7.08. The van der Waals surface area contributed by atoms with Gasteiger partial charge in [0.15, 0.2) is 0 Å². The van der Waals surface area contributed by atoms with Gasteiger partial charge in [0.05, 0.1) is 66.6 Å². The molecule has 2 saturated heterocycles. The van der Waals surface area contributed by atoms with Crippen LogP contribution in [0.2, 0.25) is 0 Å². The van der Waals surface area contributed by atoms with Crippen molar-refractivity contribution >= 4 is 68.0 Å². The Morgan fingerprint density at radius 3 is 1.58 bits per heavy atom. The number of fused-ring (bicyclic) bond motifs is 2. The normalized spacial score (nSPS) is 14.2. The molecule has 0 unspecified atom stereocenters. The minimum absolute atomic E-state index is 0.129. The van der Waals surface area contributed by atoms with Gasteiger partial charge in [-0.3, -0.25) is 0 Å². The van der Waals surface area contributed by atoms with E-state index in [2.05, 4.69) is 72.0 Å². The number of aliphatic hydroxyl groups excluding tert-OH is 2. The van der Waals surface area contributed by atoms with Crippen LogP contribution >= 0.6 is 11.3 Å².